The predicted molar refractivity (Wildman–Crippen MR) is 68.4 cm³/mol. The van der Waals surface area contributed by atoms with Crippen molar-refractivity contribution in [2.75, 3.05) is 12.3 Å². The van der Waals surface area contributed by atoms with Crippen molar-refractivity contribution in [3.63, 3.8) is 0 Å². The maximum absolute atomic E-state index is 12.0. The Bertz CT molecular complexity index is 483. The van der Waals surface area contributed by atoms with E-state index in [4.69, 9.17) is 10.8 Å². The van der Waals surface area contributed by atoms with E-state index in [0.717, 1.165) is 6.42 Å². The van der Waals surface area contributed by atoms with Crippen molar-refractivity contribution >= 4 is 15.8 Å². The third-order valence-corrected chi connectivity index (χ3v) is 4.02. The quantitative estimate of drug-likeness (QED) is 0.645. The van der Waals surface area contributed by atoms with Gasteiger partial charge in [-0.25, -0.2) is 13.1 Å². The van der Waals surface area contributed by atoms with Gasteiger partial charge in [-0.2, -0.15) is 5.10 Å². The highest BCUT2D eigenvalue weighted by Gasteiger charge is 2.22. The summed E-state index contributed by atoms with van der Waals surface area (Å²) in [5.41, 5.74) is 5.61. The molecule has 1 aromatic rings. The van der Waals surface area contributed by atoms with Crippen molar-refractivity contribution in [3.8, 4) is 0 Å². The molecule has 0 fully saturated rings. The van der Waals surface area contributed by atoms with E-state index in [0.29, 0.717) is 13.0 Å². The Morgan fingerprint density at radius 1 is 1.61 bits per heavy atom. The molecule has 0 bridgehead atoms. The van der Waals surface area contributed by atoms with Crippen LogP contribution in [0.4, 0.5) is 5.82 Å². The van der Waals surface area contributed by atoms with Crippen LogP contribution in [-0.2, 0) is 16.6 Å². The number of hydrogen-bond acceptors (Lipinski definition) is 5. The zero-order valence-electron chi connectivity index (χ0n) is 10.6. The molecule has 7 nitrogen and oxygen atoms in total. The maximum Gasteiger partial charge on any atom is 0.246 e. The summed E-state index contributed by atoms with van der Waals surface area (Å²) in [5, 5.41) is 12.7. The van der Waals surface area contributed by atoms with Gasteiger partial charge in [0.2, 0.25) is 10.0 Å². The van der Waals surface area contributed by atoms with Gasteiger partial charge in [-0.15, -0.1) is 0 Å². The number of anilines is 1. The molecule has 1 rings (SSSR count). The van der Waals surface area contributed by atoms with E-state index in [9.17, 15) is 8.42 Å². The van der Waals surface area contributed by atoms with Crippen molar-refractivity contribution in [1.29, 1.82) is 0 Å². The van der Waals surface area contributed by atoms with Crippen LogP contribution in [0.1, 0.15) is 26.7 Å². The monoisotopic (exact) mass is 276 g/mol. The van der Waals surface area contributed by atoms with Crippen LogP contribution >= 0.6 is 0 Å². The molecular weight excluding hydrogens is 256 g/mol. The molecular formula is C10H20N4O3S. The molecule has 0 aromatic carbocycles. The average molecular weight is 276 g/mol. The lowest BCUT2D eigenvalue weighted by Gasteiger charge is -2.11. The van der Waals surface area contributed by atoms with Crippen molar-refractivity contribution in [2.24, 2.45) is 0 Å². The molecule has 8 heteroatoms. The van der Waals surface area contributed by atoms with Gasteiger partial charge in [0.1, 0.15) is 4.90 Å². The number of nitrogens with zero attached hydrogens (tertiary/aromatic N) is 2. The summed E-state index contributed by atoms with van der Waals surface area (Å²) in [6.07, 6.45) is 2.62. The number of aliphatic hydroxyl groups is 1. The fourth-order valence-corrected chi connectivity index (χ4v) is 2.90. The van der Waals surface area contributed by atoms with Gasteiger partial charge in [-0.1, -0.05) is 6.92 Å². The van der Waals surface area contributed by atoms with Crippen molar-refractivity contribution in [2.45, 2.75) is 44.2 Å². The van der Waals surface area contributed by atoms with Gasteiger partial charge in [0.05, 0.1) is 0 Å². The molecule has 0 saturated carbocycles. The minimum absolute atomic E-state index is 0.00727. The molecule has 0 saturated heterocycles. The van der Waals surface area contributed by atoms with Crippen LogP contribution in [0.2, 0.25) is 0 Å². The van der Waals surface area contributed by atoms with Crippen LogP contribution in [0.25, 0.3) is 0 Å². The van der Waals surface area contributed by atoms with Gasteiger partial charge >= 0.3 is 0 Å². The first kappa shape index (κ1) is 14.9. The SMILES string of the molecule is CCCn1cc(S(=O)(=O)NC(C)CCO)c(N)n1. The van der Waals surface area contributed by atoms with Gasteiger partial charge in [0, 0.05) is 25.4 Å². The van der Waals surface area contributed by atoms with Gasteiger partial charge < -0.3 is 10.8 Å². The second-order valence-electron chi connectivity index (χ2n) is 4.18. The van der Waals surface area contributed by atoms with E-state index in [1.165, 1.54) is 10.9 Å². The molecule has 104 valence electrons. The summed E-state index contributed by atoms with van der Waals surface area (Å²) in [5.74, 6) is -0.00727. The Balaban J connectivity index is 2.90. The molecule has 1 aromatic heterocycles. The molecule has 1 heterocycles. The van der Waals surface area contributed by atoms with Crippen molar-refractivity contribution < 1.29 is 13.5 Å². The first-order chi connectivity index (χ1) is 8.40. The van der Waals surface area contributed by atoms with Crippen LogP contribution in [0.3, 0.4) is 0 Å². The smallest absolute Gasteiger partial charge is 0.246 e. The van der Waals surface area contributed by atoms with E-state index >= 15 is 0 Å². The van der Waals surface area contributed by atoms with E-state index in [1.807, 2.05) is 6.92 Å². The number of rotatable bonds is 7. The number of aliphatic hydroxyl groups excluding tert-OH is 1. The Kier molecular flexibility index (Phi) is 5.12. The lowest BCUT2D eigenvalue weighted by atomic mass is 10.3. The molecule has 0 aliphatic carbocycles. The number of nitrogens with one attached hydrogen (secondary N) is 1. The third-order valence-electron chi connectivity index (χ3n) is 2.42. The van der Waals surface area contributed by atoms with Crippen LogP contribution in [0.15, 0.2) is 11.1 Å². The zero-order chi connectivity index (χ0) is 13.8. The number of sulfonamides is 1. The highest BCUT2D eigenvalue weighted by Crippen LogP contribution is 2.16. The van der Waals surface area contributed by atoms with Crippen molar-refractivity contribution in [1.82, 2.24) is 14.5 Å². The normalized spacial score (nSPS) is 13.7. The topological polar surface area (TPSA) is 110 Å². The summed E-state index contributed by atoms with van der Waals surface area (Å²) in [6, 6.07) is -0.353. The molecule has 0 aliphatic rings. The van der Waals surface area contributed by atoms with Gasteiger partial charge in [-0.05, 0) is 19.8 Å². The summed E-state index contributed by atoms with van der Waals surface area (Å²) in [4.78, 5) is -0.0132. The number of nitrogen functional groups attached to an aromatic ring is 1. The molecule has 18 heavy (non-hydrogen) atoms. The Morgan fingerprint density at radius 3 is 2.83 bits per heavy atom. The van der Waals surface area contributed by atoms with Gasteiger partial charge in [0.15, 0.2) is 5.82 Å². The Hall–Kier alpha value is -1.12. The zero-order valence-corrected chi connectivity index (χ0v) is 11.4. The molecule has 0 radical (unpaired) electrons. The van der Waals surface area contributed by atoms with Gasteiger partial charge in [-0.3, -0.25) is 4.68 Å². The fourth-order valence-electron chi connectivity index (χ4n) is 1.55. The van der Waals surface area contributed by atoms with Crippen LogP contribution in [0.5, 0.6) is 0 Å². The van der Waals surface area contributed by atoms with Crippen LogP contribution < -0.4 is 10.5 Å². The van der Waals surface area contributed by atoms with Crippen LogP contribution in [-0.4, -0.2) is 36.0 Å². The molecule has 0 amide bonds. The third kappa shape index (κ3) is 3.69. The van der Waals surface area contributed by atoms with E-state index in [-0.39, 0.29) is 23.4 Å². The molecule has 1 unspecified atom stereocenters. The first-order valence-electron chi connectivity index (χ1n) is 5.86. The van der Waals surface area contributed by atoms with Crippen molar-refractivity contribution in [3.05, 3.63) is 6.20 Å². The molecule has 4 N–H and O–H groups in total. The number of nitrogens with two attached hydrogens (primary N) is 1. The second-order valence-corrected chi connectivity index (χ2v) is 5.86. The van der Waals surface area contributed by atoms with Crippen LogP contribution in [0, 0.1) is 0 Å². The Labute approximate surface area is 107 Å². The second kappa shape index (κ2) is 6.17. The first-order valence-corrected chi connectivity index (χ1v) is 7.35. The van der Waals surface area contributed by atoms with E-state index < -0.39 is 10.0 Å². The highest BCUT2D eigenvalue weighted by atomic mass is 32.2. The summed E-state index contributed by atoms with van der Waals surface area (Å²) in [7, 11) is -3.68. The largest absolute Gasteiger partial charge is 0.396 e. The van der Waals surface area contributed by atoms with E-state index in [2.05, 4.69) is 9.82 Å². The van der Waals surface area contributed by atoms with Gasteiger partial charge in [0.25, 0.3) is 0 Å². The molecule has 0 aliphatic heterocycles. The minimum Gasteiger partial charge on any atom is -0.396 e. The van der Waals surface area contributed by atoms with E-state index in [1.54, 1.807) is 6.92 Å². The highest BCUT2D eigenvalue weighted by molar-refractivity contribution is 7.89. The summed E-state index contributed by atoms with van der Waals surface area (Å²) in [6.45, 7) is 4.19. The molecule has 1 atom stereocenters. The summed E-state index contributed by atoms with van der Waals surface area (Å²) < 4.78 is 28.0. The Morgan fingerprint density at radius 2 is 2.28 bits per heavy atom. The lowest BCUT2D eigenvalue weighted by molar-refractivity contribution is 0.275. The maximum atomic E-state index is 12.0. The average Bonchev–Trinajstić information content (AvgIpc) is 2.60. The fraction of sp³-hybridized carbons (Fsp3) is 0.700. The predicted octanol–water partition coefficient (Wildman–Crippen LogP) is -0.0755. The number of aromatic nitrogens is 2. The molecule has 0 spiro atoms. The number of aryl methyl sites for hydroxylation is 1. The number of hydrogen-bond donors (Lipinski definition) is 3. The summed E-state index contributed by atoms with van der Waals surface area (Å²) >= 11 is 0. The standard InChI is InChI=1S/C10H20N4O3S/c1-3-5-14-7-9(10(11)12-14)18(16,17)13-8(2)4-6-15/h7-8,13,15H,3-6H2,1-2H3,(H2,11,12). The minimum atomic E-state index is -3.68. The lowest BCUT2D eigenvalue weighted by Crippen LogP contribution is -2.33.